The summed E-state index contributed by atoms with van der Waals surface area (Å²) < 4.78 is 1.75. The molecule has 4 rings (SSSR count). The van der Waals surface area contributed by atoms with Gasteiger partial charge in [-0.2, -0.15) is 0 Å². The molecule has 0 spiro atoms. The largest absolute Gasteiger partial charge is 0.493 e. The Kier molecular flexibility index (Phi) is 4.44. The maximum Gasteiger partial charge on any atom is 0.211 e. The summed E-state index contributed by atoms with van der Waals surface area (Å²) >= 11 is 7.51. The molecule has 0 atom stereocenters. The average Bonchev–Trinajstić information content (AvgIpc) is 3.19. The van der Waals surface area contributed by atoms with Crippen LogP contribution in [0, 0.1) is 0 Å². The Bertz CT molecular complexity index is 1110. The zero-order chi connectivity index (χ0) is 18.1. The molecule has 7 heteroatoms. The van der Waals surface area contributed by atoms with Crippen molar-refractivity contribution >= 4 is 52.2 Å². The van der Waals surface area contributed by atoms with Crippen LogP contribution in [0.1, 0.15) is 17.4 Å². The van der Waals surface area contributed by atoms with E-state index in [4.69, 9.17) is 11.6 Å². The van der Waals surface area contributed by atoms with E-state index in [2.05, 4.69) is 15.0 Å². The normalized spacial score (nSPS) is 15.0. The minimum atomic E-state index is 0.182. The number of aliphatic imine (C=N–C) groups is 1. The Morgan fingerprint density at radius 3 is 2.92 bits per heavy atom. The first-order valence-electron chi connectivity index (χ1n) is 8.10. The summed E-state index contributed by atoms with van der Waals surface area (Å²) in [5.41, 5.74) is 3.53. The molecule has 0 radical (unpaired) electrons. The molecule has 0 saturated carbocycles. The van der Waals surface area contributed by atoms with Crippen molar-refractivity contribution in [1.82, 2.24) is 9.55 Å². The molecule has 1 aromatic carbocycles. The number of hydrogen-bond acceptors (Lipinski definition) is 5. The van der Waals surface area contributed by atoms with Crippen molar-refractivity contribution in [2.75, 3.05) is 0 Å². The molecule has 3 aromatic rings. The highest BCUT2D eigenvalue weighted by molar-refractivity contribution is 7.10. The number of aromatic hydroxyl groups is 1. The van der Waals surface area contributed by atoms with Crippen LogP contribution in [0.15, 0.2) is 52.6 Å². The second-order valence-corrected chi connectivity index (χ2v) is 6.98. The van der Waals surface area contributed by atoms with Gasteiger partial charge in [-0.25, -0.2) is 9.98 Å². The fraction of sp³-hybridized carbons (Fsp3) is 0.105. The smallest absolute Gasteiger partial charge is 0.211 e. The third-order valence-corrected chi connectivity index (χ3v) is 5.33. The summed E-state index contributed by atoms with van der Waals surface area (Å²) in [6.07, 6.45) is 5.37. The highest BCUT2D eigenvalue weighted by atomic mass is 35.5. The number of benzene rings is 1. The van der Waals surface area contributed by atoms with E-state index in [0.717, 1.165) is 21.7 Å². The standard InChI is InChI=1S/C19H15ClN4OS/c1-2-24-18(25)16(10-12-11-22-14-7-4-3-6-13(12)14)26-19(24)23-15-8-5-9-21-17(15)20/h3-11,25H,2H2,1H3/b12-10+,23-19?. The van der Waals surface area contributed by atoms with Crippen LogP contribution in [0.5, 0.6) is 5.88 Å². The third kappa shape index (κ3) is 2.98. The van der Waals surface area contributed by atoms with Crippen molar-refractivity contribution in [2.45, 2.75) is 13.5 Å². The molecule has 1 N–H and O–H groups in total. The van der Waals surface area contributed by atoms with Crippen molar-refractivity contribution in [3.05, 3.63) is 63.0 Å². The van der Waals surface area contributed by atoms with E-state index >= 15 is 0 Å². The fourth-order valence-electron chi connectivity index (χ4n) is 2.74. The number of thiazole rings is 1. The van der Waals surface area contributed by atoms with Gasteiger partial charge in [0.1, 0.15) is 5.69 Å². The van der Waals surface area contributed by atoms with Gasteiger partial charge in [-0.3, -0.25) is 9.56 Å². The van der Waals surface area contributed by atoms with Crippen LogP contribution in [0.2, 0.25) is 5.15 Å². The Morgan fingerprint density at radius 1 is 1.27 bits per heavy atom. The van der Waals surface area contributed by atoms with Crippen LogP contribution in [0.3, 0.4) is 0 Å². The molecule has 26 heavy (non-hydrogen) atoms. The monoisotopic (exact) mass is 382 g/mol. The lowest BCUT2D eigenvalue weighted by molar-refractivity contribution is 0.416. The highest BCUT2D eigenvalue weighted by Gasteiger charge is 2.15. The lowest BCUT2D eigenvalue weighted by atomic mass is 10.1. The van der Waals surface area contributed by atoms with Gasteiger partial charge in [0.15, 0.2) is 9.95 Å². The number of aromatic nitrogens is 2. The quantitative estimate of drug-likeness (QED) is 0.660. The van der Waals surface area contributed by atoms with Crippen LogP contribution < -0.4 is 4.80 Å². The SMILES string of the molecule is CCn1c(O)c(/C=C2\C=Nc3ccccc32)sc1=Nc1cccnc1Cl. The summed E-state index contributed by atoms with van der Waals surface area (Å²) in [6, 6.07) is 11.5. The lowest BCUT2D eigenvalue weighted by Crippen LogP contribution is -2.12. The molecule has 3 heterocycles. The summed E-state index contributed by atoms with van der Waals surface area (Å²) in [5, 5.41) is 11.0. The van der Waals surface area contributed by atoms with E-state index in [0.29, 0.717) is 22.2 Å². The molecule has 0 unspecified atom stereocenters. The Morgan fingerprint density at radius 2 is 2.12 bits per heavy atom. The fourth-order valence-corrected chi connectivity index (χ4v) is 3.96. The van der Waals surface area contributed by atoms with Gasteiger partial charge < -0.3 is 5.11 Å². The van der Waals surface area contributed by atoms with Gasteiger partial charge in [0.25, 0.3) is 0 Å². The molecule has 130 valence electrons. The number of rotatable bonds is 3. The van der Waals surface area contributed by atoms with Crippen LogP contribution in [-0.2, 0) is 6.54 Å². The number of para-hydroxylation sites is 1. The molecule has 0 fully saturated rings. The van der Waals surface area contributed by atoms with Crippen molar-refractivity contribution in [2.24, 2.45) is 9.98 Å². The molecule has 0 amide bonds. The van der Waals surface area contributed by atoms with Crippen molar-refractivity contribution in [3.8, 4) is 5.88 Å². The molecular weight excluding hydrogens is 368 g/mol. The van der Waals surface area contributed by atoms with Crippen LogP contribution in [0.4, 0.5) is 11.4 Å². The molecule has 1 aliphatic heterocycles. The first-order chi connectivity index (χ1) is 12.7. The molecule has 1 aliphatic rings. The van der Waals surface area contributed by atoms with Gasteiger partial charge in [-0.15, -0.1) is 0 Å². The molecule has 2 aromatic heterocycles. The van der Waals surface area contributed by atoms with E-state index in [1.54, 1.807) is 22.9 Å². The third-order valence-electron chi connectivity index (χ3n) is 4.02. The zero-order valence-corrected chi connectivity index (χ0v) is 15.5. The average molecular weight is 383 g/mol. The van der Waals surface area contributed by atoms with Gasteiger partial charge in [0, 0.05) is 30.1 Å². The Hall–Kier alpha value is -2.70. The number of nitrogens with zero attached hydrogens (tertiary/aromatic N) is 4. The number of hydrogen-bond donors (Lipinski definition) is 1. The molecule has 5 nitrogen and oxygen atoms in total. The number of allylic oxidation sites excluding steroid dienone is 1. The van der Waals surface area contributed by atoms with Gasteiger partial charge in [0.2, 0.25) is 5.88 Å². The Balaban J connectivity index is 1.83. The summed E-state index contributed by atoms with van der Waals surface area (Å²) in [4.78, 5) is 14.4. The van der Waals surface area contributed by atoms with Crippen molar-refractivity contribution in [1.29, 1.82) is 0 Å². The summed E-state index contributed by atoms with van der Waals surface area (Å²) in [6.45, 7) is 2.55. The van der Waals surface area contributed by atoms with Gasteiger partial charge in [0.05, 0.1) is 10.6 Å². The highest BCUT2D eigenvalue weighted by Crippen LogP contribution is 2.34. The first kappa shape index (κ1) is 16.8. The van der Waals surface area contributed by atoms with Crippen molar-refractivity contribution in [3.63, 3.8) is 0 Å². The minimum absolute atomic E-state index is 0.182. The second-order valence-electron chi connectivity index (χ2n) is 5.62. The van der Waals surface area contributed by atoms with E-state index < -0.39 is 0 Å². The topological polar surface area (TPSA) is 62.8 Å². The predicted octanol–water partition coefficient (Wildman–Crippen LogP) is 4.81. The maximum absolute atomic E-state index is 10.6. The van der Waals surface area contributed by atoms with Gasteiger partial charge in [-0.05, 0) is 31.2 Å². The van der Waals surface area contributed by atoms with E-state index in [9.17, 15) is 5.11 Å². The number of fused-ring (bicyclic) bond motifs is 1. The molecule has 0 saturated heterocycles. The zero-order valence-electron chi connectivity index (χ0n) is 13.9. The first-order valence-corrected chi connectivity index (χ1v) is 9.30. The molecular formula is C19H15ClN4OS. The second kappa shape index (κ2) is 6.90. The number of halogens is 1. The van der Waals surface area contributed by atoms with E-state index in [-0.39, 0.29) is 5.88 Å². The molecule has 0 aliphatic carbocycles. The predicted molar refractivity (Wildman–Crippen MR) is 107 cm³/mol. The summed E-state index contributed by atoms with van der Waals surface area (Å²) in [7, 11) is 0. The van der Waals surface area contributed by atoms with Gasteiger partial charge in [-0.1, -0.05) is 41.1 Å². The maximum atomic E-state index is 10.6. The Labute approximate surface area is 159 Å². The van der Waals surface area contributed by atoms with E-state index in [1.165, 1.54) is 11.3 Å². The lowest BCUT2D eigenvalue weighted by Gasteiger charge is -2.01. The van der Waals surface area contributed by atoms with Crippen LogP contribution in [-0.4, -0.2) is 20.9 Å². The summed E-state index contributed by atoms with van der Waals surface area (Å²) in [5.74, 6) is 0.182. The molecule has 0 bridgehead atoms. The minimum Gasteiger partial charge on any atom is -0.493 e. The van der Waals surface area contributed by atoms with Crippen LogP contribution in [0.25, 0.3) is 11.6 Å². The van der Waals surface area contributed by atoms with Crippen molar-refractivity contribution < 1.29 is 5.11 Å². The van der Waals surface area contributed by atoms with E-state index in [1.807, 2.05) is 43.5 Å². The van der Waals surface area contributed by atoms with Crippen LogP contribution >= 0.6 is 22.9 Å². The number of pyridine rings is 1. The van der Waals surface area contributed by atoms with Gasteiger partial charge >= 0.3 is 0 Å².